The van der Waals surface area contributed by atoms with Crippen molar-refractivity contribution in [3.63, 3.8) is 0 Å². The maximum absolute atomic E-state index is 12.0. The zero-order chi connectivity index (χ0) is 30.1. The predicted octanol–water partition coefficient (Wildman–Crippen LogP) is 2.55. The Labute approximate surface area is 264 Å². The lowest BCUT2D eigenvalue weighted by Gasteiger charge is -2.24. The van der Waals surface area contributed by atoms with E-state index < -0.39 is 0 Å². The molecule has 0 aliphatic heterocycles. The lowest BCUT2D eigenvalue weighted by Crippen LogP contribution is -3.00. The van der Waals surface area contributed by atoms with Crippen LogP contribution in [-0.4, -0.2) is 50.9 Å². The van der Waals surface area contributed by atoms with E-state index in [1.54, 1.807) is 0 Å². The number of carbonyl (C=O) groups is 1. The number of hydrogen-bond acceptors (Lipinski definition) is 3. The van der Waals surface area contributed by atoms with E-state index in [-0.39, 0.29) is 24.2 Å². The number of benzene rings is 3. The van der Waals surface area contributed by atoms with Crippen LogP contribution in [0.3, 0.4) is 0 Å². The first-order chi connectivity index (χ1) is 20.4. The maximum atomic E-state index is 12.0. The minimum atomic E-state index is -0.0127. The highest BCUT2D eigenvalue weighted by Gasteiger charge is 2.23. The first-order valence-corrected chi connectivity index (χ1v) is 15.5. The quantitative estimate of drug-likeness (QED) is 0.315. The number of nitrogens with one attached hydrogen (secondary N) is 2. The van der Waals surface area contributed by atoms with Crippen molar-refractivity contribution < 1.29 is 22.2 Å². The summed E-state index contributed by atoms with van der Waals surface area (Å²) in [5, 5.41) is 3.00. The van der Waals surface area contributed by atoms with E-state index in [1.807, 2.05) is 13.8 Å². The van der Waals surface area contributed by atoms with Gasteiger partial charge in [0.15, 0.2) is 6.54 Å². The van der Waals surface area contributed by atoms with Gasteiger partial charge in [0, 0.05) is 49.5 Å². The van der Waals surface area contributed by atoms with E-state index >= 15 is 0 Å². The van der Waals surface area contributed by atoms with Crippen LogP contribution >= 0.6 is 0 Å². The monoisotopic (exact) mass is 598 g/mol. The van der Waals surface area contributed by atoms with Crippen molar-refractivity contribution in [2.24, 2.45) is 5.92 Å². The van der Waals surface area contributed by atoms with Gasteiger partial charge in [-0.25, -0.2) is 4.99 Å². The molecule has 0 saturated carbocycles. The Morgan fingerprint density at radius 2 is 1.21 bits per heavy atom. The Kier molecular flexibility index (Phi) is 12.6. The molecule has 4 rings (SSSR count). The van der Waals surface area contributed by atoms with Gasteiger partial charge in [0.2, 0.25) is 11.6 Å². The summed E-state index contributed by atoms with van der Waals surface area (Å²) >= 11 is 0. The third-order valence-corrected chi connectivity index (χ3v) is 8.03. The molecule has 0 heterocycles. The van der Waals surface area contributed by atoms with E-state index in [0.29, 0.717) is 13.1 Å². The molecule has 3 aromatic carbocycles. The Hall–Kier alpha value is -3.83. The first kappa shape index (κ1) is 33.7. The molecule has 3 aromatic rings. The highest BCUT2D eigenvalue weighted by Crippen LogP contribution is 2.37. The van der Waals surface area contributed by atoms with Crippen LogP contribution in [0.1, 0.15) is 63.8 Å². The maximum Gasteiger partial charge on any atom is 0.222 e. The van der Waals surface area contributed by atoms with Crippen LogP contribution in [0.15, 0.2) is 84.9 Å². The fourth-order valence-electron chi connectivity index (χ4n) is 5.59. The number of rotatable bonds is 12. The van der Waals surface area contributed by atoms with E-state index in [4.69, 9.17) is 0 Å². The Bertz CT molecular complexity index is 1370. The van der Waals surface area contributed by atoms with Crippen LogP contribution in [0, 0.1) is 5.92 Å². The zero-order valence-corrected chi connectivity index (χ0v) is 27.3. The van der Waals surface area contributed by atoms with Gasteiger partial charge in [0.1, 0.15) is 0 Å². The van der Waals surface area contributed by atoms with Crippen LogP contribution in [0.25, 0.3) is 11.1 Å². The molecule has 1 aliphatic carbocycles. The smallest absolute Gasteiger partial charge is 0.222 e. The van der Waals surface area contributed by atoms with Crippen LogP contribution in [0.2, 0.25) is 0 Å². The van der Waals surface area contributed by atoms with Crippen molar-refractivity contribution in [3.8, 4) is 0 Å². The van der Waals surface area contributed by atoms with E-state index in [0.717, 1.165) is 31.9 Å². The van der Waals surface area contributed by atoms with E-state index in [1.165, 1.54) is 44.8 Å². The molecule has 43 heavy (non-hydrogen) atoms. The van der Waals surface area contributed by atoms with Gasteiger partial charge in [-0.1, -0.05) is 56.3 Å². The van der Waals surface area contributed by atoms with Gasteiger partial charge >= 0.3 is 0 Å². The third kappa shape index (κ3) is 7.97. The number of fused-ring (bicyclic) bond motifs is 1. The van der Waals surface area contributed by atoms with Gasteiger partial charge in [-0.05, 0) is 91.9 Å². The third-order valence-electron chi connectivity index (χ3n) is 8.03. The zero-order valence-electron chi connectivity index (χ0n) is 26.6. The molecule has 0 unspecified atom stereocenters. The highest BCUT2D eigenvalue weighted by atomic mass is 35.5. The lowest BCUT2D eigenvalue weighted by atomic mass is 9.83. The number of hydrogen-bond donors (Lipinski definition) is 2. The second-order valence-electron chi connectivity index (χ2n) is 10.9. The summed E-state index contributed by atoms with van der Waals surface area (Å²) in [5.41, 5.74) is 10.7. The van der Waals surface area contributed by atoms with Crippen LogP contribution in [-0.2, 0) is 4.79 Å². The minimum absolute atomic E-state index is 0. The Balaban J connectivity index is 0.00000506. The van der Waals surface area contributed by atoms with E-state index in [9.17, 15) is 4.79 Å². The standard InChI is InChI=1S/C37H46N4O.ClH/c1-7-40(8-2)30-19-15-28(16-20-30)36(29-17-21-31(22-18-29)41(9-3)10-4)34-23-24-35(33-14-12-11-13-32(33)34)38-25-26-39-37(42)27(5)6;/h11-24,27H,7-10,25-26H2,1-6H3,(H,39,42);1H. The van der Waals surface area contributed by atoms with Gasteiger partial charge in [0.05, 0.1) is 12.1 Å². The van der Waals surface area contributed by atoms with Crippen LogP contribution in [0.4, 0.5) is 11.4 Å². The number of allylic oxidation sites excluding steroid dienone is 3. The second kappa shape index (κ2) is 16.1. The van der Waals surface area contributed by atoms with Crippen molar-refractivity contribution in [2.45, 2.75) is 41.5 Å². The number of anilines is 2. The molecule has 0 radical (unpaired) electrons. The molecular formula is C37H47ClN4O. The van der Waals surface area contributed by atoms with Crippen molar-refractivity contribution in [1.29, 1.82) is 0 Å². The number of amides is 1. The van der Waals surface area contributed by atoms with Crippen molar-refractivity contribution in [2.75, 3.05) is 49.1 Å². The molecule has 228 valence electrons. The number of nitrogens with zero attached hydrogens (tertiary/aromatic N) is 2. The summed E-state index contributed by atoms with van der Waals surface area (Å²) in [6.07, 6.45) is 4.42. The average Bonchev–Trinajstić information content (AvgIpc) is 3.02. The van der Waals surface area contributed by atoms with Crippen molar-refractivity contribution in [3.05, 3.63) is 107 Å². The molecule has 0 saturated heterocycles. The van der Waals surface area contributed by atoms with Gasteiger partial charge in [-0.15, -0.1) is 0 Å². The second-order valence-corrected chi connectivity index (χ2v) is 10.9. The lowest BCUT2D eigenvalue weighted by molar-refractivity contribution is -0.453. The average molecular weight is 599 g/mol. The van der Waals surface area contributed by atoms with Crippen molar-refractivity contribution >= 4 is 34.1 Å². The summed E-state index contributed by atoms with van der Waals surface area (Å²) in [7, 11) is 0. The number of carbonyl (C=O) groups excluding carboxylic acids is 1. The number of halogens is 1. The Morgan fingerprint density at radius 3 is 1.67 bits per heavy atom. The Morgan fingerprint density at radius 1 is 0.721 bits per heavy atom. The molecule has 6 heteroatoms. The molecule has 0 fully saturated rings. The van der Waals surface area contributed by atoms with Gasteiger partial charge in [-0.2, -0.15) is 0 Å². The van der Waals surface area contributed by atoms with Gasteiger partial charge < -0.3 is 27.5 Å². The van der Waals surface area contributed by atoms with E-state index in [2.05, 4.69) is 133 Å². The van der Waals surface area contributed by atoms with Crippen LogP contribution < -0.4 is 32.5 Å². The molecule has 1 amide bonds. The summed E-state index contributed by atoms with van der Waals surface area (Å²) in [6.45, 7) is 17.8. The molecule has 2 N–H and O–H groups in total. The molecule has 0 atom stereocenters. The largest absolute Gasteiger partial charge is 1.00 e. The summed E-state index contributed by atoms with van der Waals surface area (Å²) in [4.78, 5) is 20.3. The molecule has 0 spiro atoms. The summed E-state index contributed by atoms with van der Waals surface area (Å²) in [6, 6.07) is 26.6. The molecule has 0 aromatic heterocycles. The normalized spacial score (nSPS) is 13.0. The van der Waals surface area contributed by atoms with Gasteiger partial charge in [-0.3, -0.25) is 4.79 Å². The highest BCUT2D eigenvalue weighted by molar-refractivity contribution is 6.17. The van der Waals surface area contributed by atoms with Crippen LogP contribution in [0.5, 0.6) is 0 Å². The fraction of sp³-hybridized carbons (Fsp3) is 0.351. The molecular weight excluding hydrogens is 552 g/mol. The fourth-order valence-corrected chi connectivity index (χ4v) is 5.59. The summed E-state index contributed by atoms with van der Waals surface area (Å²) < 4.78 is 0. The van der Waals surface area contributed by atoms with Gasteiger partial charge in [0.25, 0.3) is 0 Å². The van der Waals surface area contributed by atoms with Crippen molar-refractivity contribution in [1.82, 2.24) is 5.32 Å². The topological polar surface area (TPSA) is 49.6 Å². The summed E-state index contributed by atoms with van der Waals surface area (Å²) in [5.74, 6) is 0.0662. The predicted molar refractivity (Wildman–Crippen MR) is 179 cm³/mol. The molecule has 5 nitrogen and oxygen atoms in total. The molecule has 0 bridgehead atoms. The molecule has 1 aliphatic rings. The SMILES string of the molecule is CCN(CC)c1ccc(C(=C2C=CC(=[NH+]CCNC(=O)C(C)C)c3ccccc32)c2ccc(N(CC)CC)cc2)cc1.[Cl-]. The first-order valence-electron chi connectivity index (χ1n) is 15.5. The minimum Gasteiger partial charge on any atom is -1.00 e.